The van der Waals surface area contributed by atoms with Gasteiger partial charge in [0.15, 0.2) is 0 Å². The number of ether oxygens (including phenoxy) is 1. The molecule has 0 rings (SSSR count). The number of rotatable bonds is 10. The minimum atomic E-state index is -0.495. The summed E-state index contributed by atoms with van der Waals surface area (Å²) in [4.78, 5) is 10.5. The second kappa shape index (κ2) is 11.6. The number of hydrogen-bond acceptors (Lipinski definition) is 3. The predicted molar refractivity (Wildman–Crippen MR) is 69.5 cm³/mol. The zero-order valence-electron chi connectivity index (χ0n) is 11.2. The van der Waals surface area contributed by atoms with Gasteiger partial charge in [0.25, 0.3) is 0 Å². The molecular formula is C14H26O3. The van der Waals surface area contributed by atoms with Gasteiger partial charge in [0.2, 0.25) is 0 Å². The maximum absolute atomic E-state index is 10.5. The fourth-order valence-electron chi connectivity index (χ4n) is 1.63. The Labute approximate surface area is 105 Å². The molecule has 0 aromatic heterocycles. The monoisotopic (exact) mass is 242 g/mol. The van der Waals surface area contributed by atoms with Crippen molar-refractivity contribution in [1.29, 1.82) is 0 Å². The number of unbranched alkanes of at least 4 members (excludes halogenated alkanes) is 6. The summed E-state index contributed by atoms with van der Waals surface area (Å²) >= 11 is 0. The predicted octanol–water partition coefficient (Wildman–Crippen LogP) is 3.56. The number of carbonyl (C=O) groups excluding carboxylic acids is 1. The standard InChI is InChI=1S/C14H26O3/c1-3-4-5-6-7-8-9-10-14(16)11-12-17-13(2)15/h11-12,14,16H,3-10H2,1-2H3/b12-11-. The van der Waals surface area contributed by atoms with E-state index in [1.165, 1.54) is 57.8 Å². The maximum atomic E-state index is 10.5. The Bertz CT molecular complexity index is 212. The fraction of sp³-hybridized carbons (Fsp3) is 0.786. The largest absolute Gasteiger partial charge is 0.435 e. The Morgan fingerprint density at radius 3 is 2.35 bits per heavy atom. The molecule has 0 fully saturated rings. The molecule has 0 spiro atoms. The number of hydrogen-bond donors (Lipinski definition) is 1. The third-order valence-corrected chi connectivity index (χ3v) is 2.64. The van der Waals surface area contributed by atoms with Gasteiger partial charge in [-0.2, -0.15) is 0 Å². The Morgan fingerprint density at radius 2 is 1.76 bits per heavy atom. The lowest BCUT2D eigenvalue weighted by Crippen LogP contribution is -2.02. The third kappa shape index (κ3) is 13.1. The van der Waals surface area contributed by atoms with Crippen LogP contribution in [0.5, 0.6) is 0 Å². The molecule has 0 saturated carbocycles. The van der Waals surface area contributed by atoms with Crippen molar-refractivity contribution in [2.24, 2.45) is 0 Å². The lowest BCUT2D eigenvalue weighted by molar-refractivity contribution is -0.135. The molecular weight excluding hydrogens is 216 g/mol. The van der Waals surface area contributed by atoms with Crippen LogP contribution < -0.4 is 0 Å². The van der Waals surface area contributed by atoms with Gasteiger partial charge >= 0.3 is 5.97 Å². The van der Waals surface area contributed by atoms with Crippen molar-refractivity contribution >= 4 is 5.97 Å². The smallest absolute Gasteiger partial charge is 0.307 e. The second-order valence-corrected chi connectivity index (χ2v) is 4.42. The van der Waals surface area contributed by atoms with Crippen molar-refractivity contribution in [3.63, 3.8) is 0 Å². The molecule has 0 aliphatic rings. The molecule has 17 heavy (non-hydrogen) atoms. The van der Waals surface area contributed by atoms with E-state index in [1.54, 1.807) is 0 Å². The molecule has 1 unspecified atom stereocenters. The lowest BCUT2D eigenvalue weighted by Gasteiger charge is -2.05. The van der Waals surface area contributed by atoms with E-state index in [0.29, 0.717) is 0 Å². The molecule has 0 aliphatic carbocycles. The van der Waals surface area contributed by atoms with Crippen LogP contribution in [0.2, 0.25) is 0 Å². The Morgan fingerprint density at radius 1 is 1.18 bits per heavy atom. The highest BCUT2D eigenvalue weighted by atomic mass is 16.5. The summed E-state index contributed by atoms with van der Waals surface area (Å²) in [5.41, 5.74) is 0. The molecule has 0 heterocycles. The number of aliphatic hydroxyl groups excluding tert-OH is 1. The van der Waals surface area contributed by atoms with Crippen LogP contribution in [0.3, 0.4) is 0 Å². The maximum Gasteiger partial charge on any atom is 0.307 e. The summed E-state index contributed by atoms with van der Waals surface area (Å²) in [6, 6.07) is 0. The van der Waals surface area contributed by atoms with Crippen LogP contribution in [0.1, 0.15) is 65.2 Å². The van der Waals surface area contributed by atoms with E-state index in [1.807, 2.05) is 0 Å². The first kappa shape index (κ1) is 16.2. The molecule has 0 amide bonds. The SMILES string of the molecule is CCCCCCCCCC(O)/C=C\OC(C)=O. The van der Waals surface area contributed by atoms with E-state index in [0.717, 1.165) is 12.8 Å². The van der Waals surface area contributed by atoms with Crippen LogP contribution in [0.4, 0.5) is 0 Å². The van der Waals surface area contributed by atoms with E-state index in [-0.39, 0.29) is 5.97 Å². The van der Waals surface area contributed by atoms with Crippen molar-refractivity contribution in [3.8, 4) is 0 Å². The number of carbonyl (C=O) groups is 1. The van der Waals surface area contributed by atoms with Gasteiger partial charge in [0, 0.05) is 6.92 Å². The van der Waals surface area contributed by atoms with Gasteiger partial charge in [-0.05, 0) is 12.5 Å². The zero-order chi connectivity index (χ0) is 12.9. The van der Waals surface area contributed by atoms with Crippen molar-refractivity contribution in [1.82, 2.24) is 0 Å². The molecule has 1 atom stereocenters. The van der Waals surface area contributed by atoms with Crippen LogP contribution in [0, 0.1) is 0 Å². The summed E-state index contributed by atoms with van der Waals surface area (Å²) in [7, 11) is 0. The Kier molecular flexibility index (Phi) is 11.1. The molecule has 1 N–H and O–H groups in total. The Balaban J connectivity index is 3.29. The Hall–Kier alpha value is -0.830. The van der Waals surface area contributed by atoms with Gasteiger partial charge < -0.3 is 9.84 Å². The van der Waals surface area contributed by atoms with Crippen molar-refractivity contribution in [2.75, 3.05) is 0 Å². The zero-order valence-corrected chi connectivity index (χ0v) is 11.2. The topological polar surface area (TPSA) is 46.5 Å². The highest BCUT2D eigenvalue weighted by molar-refractivity contribution is 5.66. The van der Waals surface area contributed by atoms with Crippen molar-refractivity contribution < 1.29 is 14.6 Å². The van der Waals surface area contributed by atoms with E-state index >= 15 is 0 Å². The first-order valence-electron chi connectivity index (χ1n) is 6.68. The van der Waals surface area contributed by atoms with E-state index < -0.39 is 6.10 Å². The molecule has 0 aliphatic heterocycles. The molecule has 0 aromatic carbocycles. The van der Waals surface area contributed by atoms with Crippen molar-refractivity contribution in [3.05, 3.63) is 12.3 Å². The van der Waals surface area contributed by atoms with Gasteiger partial charge in [-0.25, -0.2) is 0 Å². The third-order valence-electron chi connectivity index (χ3n) is 2.64. The molecule has 0 radical (unpaired) electrons. The minimum absolute atomic E-state index is 0.357. The van der Waals surface area contributed by atoms with E-state index in [4.69, 9.17) is 0 Å². The highest BCUT2D eigenvalue weighted by Gasteiger charge is 1.99. The quantitative estimate of drug-likeness (QED) is 0.362. The number of aliphatic hydroxyl groups is 1. The van der Waals surface area contributed by atoms with E-state index in [9.17, 15) is 9.90 Å². The molecule has 0 aromatic rings. The molecule has 0 bridgehead atoms. The highest BCUT2D eigenvalue weighted by Crippen LogP contribution is 2.10. The van der Waals surface area contributed by atoms with Gasteiger partial charge in [-0.3, -0.25) is 4.79 Å². The lowest BCUT2D eigenvalue weighted by atomic mass is 10.1. The average Bonchev–Trinajstić information content (AvgIpc) is 2.27. The van der Waals surface area contributed by atoms with Crippen molar-refractivity contribution in [2.45, 2.75) is 71.3 Å². The van der Waals surface area contributed by atoms with Crippen LogP contribution in [0.25, 0.3) is 0 Å². The first-order valence-corrected chi connectivity index (χ1v) is 6.68. The van der Waals surface area contributed by atoms with Crippen LogP contribution in [-0.2, 0) is 9.53 Å². The van der Waals surface area contributed by atoms with Crippen LogP contribution >= 0.6 is 0 Å². The molecule has 3 nitrogen and oxygen atoms in total. The normalized spacial score (nSPS) is 12.9. The summed E-state index contributed by atoms with van der Waals surface area (Å²) in [5.74, 6) is -0.357. The summed E-state index contributed by atoms with van der Waals surface area (Å²) in [6.07, 6.45) is 11.7. The van der Waals surface area contributed by atoms with Gasteiger partial charge in [-0.1, -0.05) is 51.9 Å². The minimum Gasteiger partial charge on any atom is -0.435 e. The number of esters is 1. The van der Waals surface area contributed by atoms with Gasteiger partial charge in [-0.15, -0.1) is 0 Å². The average molecular weight is 242 g/mol. The molecule has 3 heteroatoms. The fourth-order valence-corrected chi connectivity index (χ4v) is 1.63. The van der Waals surface area contributed by atoms with Gasteiger partial charge in [0.1, 0.15) is 0 Å². The van der Waals surface area contributed by atoms with Crippen LogP contribution in [0.15, 0.2) is 12.3 Å². The molecule has 100 valence electrons. The molecule has 0 saturated heterocycles. The second-order valence-electron chi connectivity index (χ2n) is 4.42. The summed E-state index contributed by atoms with van der Waals surface area (Å²) in [6.45, 7) is 3.55. The summed E-state index contributed by atoms with van der Waals surface area (Å²) in [5, 5.41) is 9.52. The van der Waals surface area contributed by atoms with Crippen LogP contribution in [-0.4, -0.2) is 17.2 Å². The first-order chi connectivity index (χ1) is 8.16. The van der Waals surface area contributed by atoms with Gasteiger partial charge in [0.05, 0.1) is 12.4 Å². The summed E-state index contributed by atoms with van der Waals surface area (Å²) < 4.78 is 4.60. The van der Waals surface area contributed by atoms with E-state index in [2.05, 4.69) is 11.7 Å².